The first-order valence-corrected chi connectivity index (χ1v) is 8.27. The Kier molecular flexibility index (Phi) is 5.31. The maximum Gasteiger partial charge on any atom is 0.357 e. The van der Waals surface area contributed by atoms with Crippen molar-refractivity contribution >= 4 is 34.2 Å². The normalized spacial score (nSPS) is 16.5. The Balaban J connectivity index is 1.80. The molecule has 0 bridgehead atoms. The van der Waals surface area contributed by atoms with Gasteiger partial charge in [-0.1, -0.05) is 0 Å². The Bertz CT molecular complexity index is 389. The van der Waals surface area contributed by atoms with Gasteiger partial charge in [-0.3, -0.25) is 0 Å². The van der Waals surface area contributed by atoms with E-state index in [2.05, 4.69) is 10.3 Å². The first-order chi connectivity index (χ1) is 8.79. The number of carbonyl (C=O) groups is 1. The Morgan fingerprint density at radius 1 is 1.56 bits per heavy atom. The molecule has 4 nitrogen and oxygen atoms in total. The maximum atomic E-state index is 11.5. The molecule has 0 spiro atoms. The summed E-state index contributed by atoms with van der Waals surface area (Å²) in [4.78, 5) is 15.7. The van der Waals surface area contributed by atoms with Crippen molar-refractivity contribution in [2.45, 2.75) is 19.8 Å². The van der Waals surface area contributed by atoms with E-state index in [1.807, 2.05) is 11.8 Å². The molecule has 0 aromatic carbocycles. The van der Waals surface area contributed by atoms with E-state index in [0.717, 1.165) is 17.6 Å². The number of thioether (sulfide) groups is 1. The molecule has 18 heavy (non-hydrogen) atoms. The lowest BCUT2D eigenvalue weighted by Crippen LogP contribution is -2.19. The van der Waals surface area contributed by atoms with Gasteiger partial charge in [-0.05, 0) is 37.2 Å². The van der Waals surface area contributed by atoms with Crippen LogP contribution in [0.15, 0.2) is 5.38 Å². The van der Waals surface area contributed by atoms with Crippen LogP contribution in [0.5, 0.6) is 0 Å². The number of esters is 1. The summed E-state index contributed by atoms with van der Waals surface area (Å²) in [5, 5.41) is 5.89. The number of ether oxygens (including phenoxy) is 1. The van der Waals surface area contributed by atoms with E-state index < -0.39 is 0 Å². The summed E-state index contributed by atoms with van der Waals surface area (Å²) < 4.78 is 4.91. The van der Waals surface area contributed by atoms with Crippen LogP contribution in [0.1, 0.15) is 30.3 Å². The number of thiazole rings is 1. The smallest absolute Gasteiger partial charge is 0.357 e. The van der Waals surface area contributed by atoms with Crippen molar-refractivity contribution in [1.82, 2.24) is 4.98 Å². The molecule has 100 valence electrons. The highest BCUT2D eigenvalue weighted by atomic mass is 32.2. The molecule has 2 rings (SSSR count). The molecule has 1 fully saturated rings. The zero-order valence-corrected chi connectivity index (χ0v) is 12.1. The van der Waals surface area contributed by atoms with Crippen molar-refractivity contribution in [2.75, 3.05) is 30.0 Å². The van der Waals surface area contributed by atoms with Crippen LogP contribution in [0.4, 0.5) is 5.13 Å². The molecule has 0 radical (unpaired) electrons. The van der Waals surface area contributed by atoms with Gasteiger partial charge in [0, 0.05) is 11.9 Å². The molecule has 1 saturated heterocycles. The zero-order valence-electron chi connectivity index (χ0n) is 10.5. The largest absolute Gasteiger partial charge is 0.461 e. The van der Waals surface area contributed by atoms with Gasteiger partial charge in [0.25, 0.3) is 0 Å². The van der Waals surface area contributed by atoms with Crippen molar-refractivity contribution in [3.63, 3.8) is 0 Å². The molecule has 2 heterocycles. The van der Waals surface area contributed by atoms with Crippen LogP contribution in [0.2, 0.25) is 0 Å². The lowest BCUT2D eigenvalue weighted by molar-refractivity contribution is 0.0520. The summed E-state index contributed by atoms with van der Waals surface area (Å²) in [6.07, 6.45) is 2.54. The second-order valence-electron chi connectivity index (χ2n) is 4.20. The fraction of sp³-hybridized carbons (Fsp3) is 0.667. The fourth-order valence-electron chi connectivity index (χ4n) is 1.84. The lowest BCUT2D eigenvalue weighted by Gasteiger charge is -2.21. The van der Waals surface area contributed by atoms with Crippen molar-refractivity contribution in [3.05, 3.63) is 11.1 Å². The van der Waals surface area contributed by atoms with E-state index in [1.54, 1.807) is 12.3 Å². The van der Waals surface area contributed by atoms with E-state index in [1.165, 1.54) is 35.7 Å². The SMILES string of the molecule is CCOC(=O)c1csc(NCC2CCSCC2)n1. The van der Waals surface area contributed by atoms with E-state index in [9.17, 15) is 4.79 Å². The molecule has 1 aliphatic heterocycles. The summed E-state index contributed by atoms with van der Waals surface area (Å²) in [5.41, 5.74) is 0.406. The molecule has 1 aliphatic rings. The number of nitrogens with one attached hydrogen (secondary N) is 1. The van der Waals surface area contributed by atoms with Crippen molar-refractivity contribution in [3.8, 4) is 0 Å². The Hall–Kier alpha value is -0.750. The van der Waals surface area contributed by atoms with Gasteiger partial charge in [-0.15, -0.1) is 11.3 Å². The number of aromatic nitrogens is 1. The highest BCUT2D eigenvalue weighted by Gasteiger charge is 2.15. The Labute approximate surface area is 116 Å². The first-order valence-electron chi connectivity index (χ1n) is 6.24. The second-order valence-corrected chi connectivity index (χ2v) is 6.28. The third-order valence-corrected chi connectivity index (χ3v) is 4.72. The number of anilines is 1. The minimum absolute atomic E-state index is 0.337. The molecule has 0 aliphatic carbocycles. The first kappa shape index (κ1) is 13.7. The molecular formula is C12H18N2O2S2. The van der Waals surface area contributed by atoms with Crippen molar-refractivity contribution in [2.24, 2.45) is 5.92 Å². The molecule has 1 N–H and O–H groups in total. The molecule has 1 aromatic heterocycles. The van der Waals surface area contributed by atoms with Gasteiger partial charge in [0.05, 0.1) is 6.61 Å². The van der Waals surface area contributed by atoms with E-state index in [-0.39, 0.29) is 5.97 Å². The number of hydrogen-bond donors (Lipinski definition) is 1. The molecule has 0 unspecified atom stereocenters. The average molecular weight is 286 g/mol. The van der Waals surface area contributed by atoms with Gasteiger partial charge in [0.15, 0.2) is 10.8 Å². The minimum atomic E-state index is -0.337. The maximum absolute atomic E-state index is 11.5. The molecule has 0 atom stereocenters. The van der Waals surface area contributed by atoms with Crippen molar-refractivity contribution < 1.29 is 9.53 Å². The van der Waals surface area contributed by atoms with Gasteiger partial charge >= 0.3 is 5.97 Å². The molecule has 0 amide bonds. The minimum Gasteiger partial charge on any atom is -0.461 e. The standard InChI is InChI=1S/C12H18N2O2S2/c1-2-16-11(15)10-8-18-12(14-10)13-7-9-3-5-17-6-4-9/h8-9H,2-7H2,1H3,(H,13,14). The molecule has 1 aromatic rings. The van der Waals surface area contributed by atoms with Crippen LogP contribution in [0.25, 0.3) is 0 Å². The van der Waals surface area contributed by atoms with Crippen LogP contribution < -0.4 is 5.32 Å². The molecule has 6 heteroatoms. The molecule has 0 saturated carbocycles. The van der Waals surface area contributed by atoms with Gasteiger partial charge in [0.1, 0.15) is 0 Å². The number of rotatable bonds is 5. The summed E-state index contributed by atoms with van der Waals surface area (Å²) >= 11 is 3.50. The van der Waals surface area contributed by atoms with Crippen LogP contribution in [0, 0.1) is 5.92 Å². The van der Waals surface area contributed by atoms with E-state index >= 15 is 0 Å². The lowest BCUT2D eigenvalue weighted by atomic mass is 10.0. The Morgan fingerprint density at radius 3 is 3.06 bits per heavy atom. The summed E-state index contributed by atoms with van der Waals surface area (Å²) in [7, 11) is 0. The van der Waals surface area contributed by atoms with Gasteiger partial charge in [0.2, 0.25) is 0 Å². The molecular weight excluding hydrogens is 268 g/mol. The zero-order chi connectivity index (χ0) is 12.8. The van der Waals surface area contributed by atoms with Gasteiger partial charge in [-0.25, -0.2) is 9.78 Å². The summed E-state index contributed by atoms with van der Waals surface area (Å²) in [6, 6.07) is 0. The number of hydrogen-bond acceptors (Lipinski definition) is 6. The predicted molar refractivity (Wildman–Crippen MR) is 76.6 cm³/mol. The number of carbonyl (C=O) groups excluding carboxylic acids is 1. The van der Waals surface area contributed by atoms with E-state index in [0.29, 0.717) is 12.3 Å². The van der Waals surface area contributed by atoms with E-state index in [4.69, 9.17) is 4.74 Å². The third-order valence-electron chi connectivity index (χ3n) is 2.87. The van der Waals surface area contributed by atoms with Crippen LogP contribution in [-0.2, 0) is 4.74 Å². The third kappa shape index (κ3) is 3.88. The van der Waals surface area contributed by atoms with Crippen molar-refractivity contribution in [1.29, 1.82) is 0 Å². The fourth-order valence-corrected chi connectivity index (χ4v) is 3.73. The van der Waals surface area contributed by atoms with Crippen LogP contribution in [-0.4, -0.2) is 35.6 Å². The highest BCUT2D eigenvalue weighted by Crippen LogP contribution is 2.24. The Morgan fingerprint density at radius 2 is 2.33 bits per heavy atom. The van der Waals surface area contributed by atoms with Crippen LogP contribution in [0.3, 0.4) is 0 Å². The average Bonchev–Trinajstić information content (AvgIpc) is 2.87. The monoisotopic (exact) mass is 286 g/mol. The van der Waals surface area contributed by atoms with Gasteiger partial charge in [-0.2, -0.15) is 11.8 Å². The summed E-state index contributed by atoms with van der Waals surface area (Å²) in [6.45, 7) is 3.14. The second kappa shape index (κ2) is 6.99. The quantitative estimate of drug-likeness (QED) is 0.844. The van der Waals surface area contributed by atoms with Gasteiger partial charge < -0.3 is 10.1 Å². The predicted octanol–water partition coefficient (Wildman–Crippen LogP) is 2.87. The number of nitrogens with zero attached hydrogens (tertiary/aromatic N) is 1. The van der Waals surface area contributed by atoms with Crippen LogP contribution >= 0.6 is 23.1 Å². The highest BCUT2D eigenvalue weighted by molar-refractivity contribution is 7.99. The topological polar surface area (TPSA) is 51.2 Å². The summed E-state index contributed by atoms with van der Waals surface area (Å²) in [5.74, 6) is 2.92.